The van der Waals surface area contributed by atoms with Gasteiger partial charge >= 0.3 is 0 Å². The van der Waals surface area contributed by atoms with Crippen molar-refractivity contribution in [3.63, 3.8) is 0 Å². The molecule has 4 saturated heterocycles. The number of carbonyl (C=O) groups excluding carboxylic acids is 4. The van der Waals surface area contributed by atoms with Gasteiger partial charge in [0.25, 0.3) is 0 Å². The summed E-state index contributed by atoms with van der Waals surface area (Å²) in [5.41, 5.74) is 13.3. The fourth-order valence-corrected chi connectivity index (χ4v) is 18.8. The number of H-pyrrole nitrogens is 4. The van der Waals surface area contributed by atoms with Gasteiger partial charge in [-0.1, -0.05) is 100 Å². The maximum atomic E-state index is 15.2. The van der Waals surface area contributed by atoms with Gasteiger partial charge in [-0.15, -0.1) is 0 Å². The zero-order valence-corrected chi connectivity index (χ0v) is 86.1. The van der Waals surface area contributed by atoms with Gasteiger partial charge in [0.15, 0.2) is 46.5 Å². The number of halogens is 8. The molecule has 0 unspecified atom stereocenters. The number of nitrogens with one attached hydrogen (secondary N) is 10. The van der Waals surface area contributed by atoms with Crippen molar-refractivity contribution in [3.05, 3.63) is 231 Å². The Morgan fingerprint density at radius 3 is 0.873 bits per heavy atom. The Balaban J connectivity index is 0.000000159. The molecule has 0 aliphatic carbocycles. The first-order valence-corrected chi connectivity index (χ1v) is 50.2. The molecule has 0 radical (unpaired) electrons. The van der Waals surface area contributed by atoms with Crippen LogP contribution in [0.4, 0.5) is 87.4 Å². The Morgan fingerprint density at radius 2 is 0.606 bits per heavy atom. The third kappa shape index (κ3) is 29.0. The van der Waals surface area contributed by atoms with Crippen LogP contribution in [0.15, 0.2) is 97.6 Å². The number of aryl methyl sites for hydroxylation is 8. The molecule has 4 aliphatic heterocycles. The quantitative estimate of drug-likeness (QED) is 0.0175. The van der Waals surface area contributed by atoms with Gasteiger partial charge in [0.2, 0.25) is 35.5 Å². The molecule has 4 aromatic carbocycles. The highest BCUT2D eigenvalue weighted by molar-refractivity contribution is 6.34. The Morgan fingerprint density at radius 1 is 0.345 bits per heavy atom. The molecule has 4 fully saturated rings. The Kier molecular flexibility index (Phi) is 38.0. The zero-order valence-electron chi connectivity index (χ0n) is 83.1. The van der Waals surface area contributed by atoms with Crippen molar-refractivity contribution in [1.82, 2.24) is 110 Å². The van der Waals surface area contributed by atoms with E-state index in [0.717, 1.165) is 158 Å². The number of piperidine rings is 4. The third-order valence-corrected chi connectivity index (χ3v) is 27.3. The van der Waals surface area contributed by atoms with Gasteiger partial charge in [-0.25, -0.2) is 47.5 Å². The minimum atomic E-state index is -0.374. The Bertz CT molecular complexity index is 5940. The van der Waals surface area contributed by atoms with E-state index in [1.807, 2.05) is 125 Å². The normalized spacial score (nSPS) is 14.4. The fraction of sp³-hybridized carbons (Fsp3) is 0.451. The number of aromatic amines is 4. The minimum absolute atomic E-state index is 0.180. The van der Waals surface area contributed by atoms with Crippen molar-refractivity contribution in [2.75, 3.05) is 124 Å². The predicted octanol–water partition coefficient (Wildman–Crippen LogP) is 21.2. The van der Waals surface area contributed by atoms with E-state index < -0.39 is 0 Å². The molecule has 0 atom stereocenters. The van der Waals surface area contributed by atoms with Crippen LogP contribution in [-0.4, -0.2) is 225 Å². The van der Waals surface area contributed by atoms with Gasteiger partial charge in [-0.3, -0.25) is 49.4 Å². The molecule has 142 heavy (non-hydrogen) atoms. The van der Waals surface area contributed by atoms with Crippen LogP contribution in [0.25, 0.3) is 0 Å². The topological polar surface area (TPSA) is 378 Å². The number of likely N-dealkylation sites (tertiary alicyclic amines) is 4. The summed E-state index contributed by atoms with van der Waals surface area (Å²) in [6.45, 7) is 38.0. The van der Waals surface area contributed by atoms with Crippen molar-refractivity contribution in [2.24, 2.45) is 0 Å². The summed E-state index contributed by atoms with van der Waals surface area (Å²) in [6, 6.07) is 21.2. The van der Waals surface area contributed by atoms with Crippen LogP contribution in [0.1, 0.15) is 232 Å². The van der Waals surface area contributed by atoms with Crippen LogP contribution in [0.3, 0.4) is 0 Å². The average molecular weight is 2030 g/mol. The van der Waals surface area contributed by atoms with Crippen molar-refractivity contribution in [2.45, 2.75) is 210 Å². The van der Waals surface area contributed by atoms with Crippen molar-refractivity contribution < 1.29 is 36.7 Å². The lowest BCUT2D eigenvalue weighted by molar-refractivity contribution is -0.134. The summed E-state index contributed by atoms with van der Waals surface area (Å²) in [5.74, 6) is 5.70. The molecule has 12 aromatic rings. The van der Waals surface area contributed by atoms with Gasteiger partial charge in [0.1, 0.15) is 55.0 Å². The molecule has 10 N–H and O–H groups in total. The Labute approximate surface area is 846 Å². The molecule has 0 saturated carbocycles. The van der Waals surface area contributed by atoms with Gasteiger partial charge in [-0.2, -0.15) is 30.4 Å². The van der Waals surface area contributed by atoms with Crippen molar-refractivity contribution in [1.29, 1.82) is 0 Å². The molecular formula is C102H128Cl4F4N28O4. The number of benzene rings is 4. The maximum Gasteiger partial charge on any atom is 0.236 e. The SMILES string of the molecule is CCCC(=O)N1CCC(c2cc(F)c(Nc3ncc(Cl)c(Nc4cc(C)[nH]n4)n3)cc2C)CC1.CCCC(=O)N1CCC(c2cc(F)c(Nc3ncc(Cl)c(Nc4cc(C)[nH]n4)n3)cc2C)CC1.CCN(CC)CC(=O)N1CCC(c2cc(F)c(Cc3ncc(Cl)c(Nc4cc(C)[nH]n4)n3)cc2C)CC1.CCN(CC)CC(=O)N1CCC(c2cc(F)c(Cc3ncc(Cl)c(Nc4cc(C)[nH]n4)n3)cc2C)CC1. The summed E-state index contributed by atoms with van der Waals surface area (Å²) >= 11 is 25.0. The smallest absolute Gasteiger partial charge is 0.236 e. The average Bonchev–Trinajstić information content (AvgIpc) is 1.02. The van der Waals surface area contributed by atoms with E-state index >= 15 is 17.6 Å². The zero-order chi connectivity index (χ0) is 102. The monoisotopic (exact) mass is 2020 g/mol. The number of aromatic nitrogens is 16. The number of rotatable bonds is 32. The number of hydrogen-bond acceptors (Lipinski definition) is 24. The molecule has 16 rings (SSSR count). The lowest BCUT2D eigenvalue weighted by atomic mass is 9.85. The molecular weight excluding hydrogens is 1900 g/mol. The van der Waals surface area contributed by atoms with Crippen LogP contribution >= 0.6 is 46.4 Å². The summed E-state index contributed by atoms with van der Waals surface area (Å²) in [5, 5.41) is 47.4. The minimum Gasteiger partial charge on any atom is -0.343 e. The van der Waals surface area contributed by atoms with Crippen molar-refractivity contribution >= 4 is 140 Å². The predicted molar refractivity (Wildman–Crippen MR) is 551 cm³/mol. The van der Waals surface area contributed by atoms with E-state index in [2.05, 4.69) is 150 Å². The van der Waals surface area contributed by atoms with E-state index in [4.69, 9.17) is 46.4 Å². The third-order valence-electron chi connectivity index (χ3n) is 26.2. The highest BCUT2D eigenvalue weighted by Gasteiger charge is 2.33. The summed E-state index contributed by atoms with van der Waals surface area (Å²) in [6.07, 6.45) is 16.0. The molecule has 32 nitrogen and oxygen atoms in total. The van der Waals surface area contributed by atoms with Gasteiger partial charge < -0.3 is 51.5 Å². The lowest BCUT2D eigenvalue weighted by Crippen LogP contribution is -2.43. The molecule has 756 valence electrons. The number of carbonyl (C=O) groups is 4. The molecule has 4 aliphatic rings. The standard InChI is InChI=1S/2C27H35ClFN7O.2C24H29ClFN7O/c2*1-5-35(6-2)16-26(37)36-9-7-19(8-10-36)21-14-23(29)20(11-17(21)3)13-24-30-15-22(28)27(31-24)32-25-12-18(4)33-34-25;2*1-4-5-22(34)33-8-6-16(7-9-33)17-12-19(26)20(10-14(17)2)28-24-27-13-18(25)23(30-24)29-21-11-15(3)31-32-21/h2*11-12,14-15,19H,5-10,13,16H2,1-4H3,(H2,30,31,32,33,34);2*10-13,16H,4-9H2,1-3H3,(H3,27,28,29,30,31,32). The van der Waals surface area contributed by atoms with Crippen LogP contribution in [-0.2, 0) is 32.0 Å². The number of nitrogens with zero attached hydrogens (tertiary/aromatic N) is 18. The summed E-state index contributed by atoms with van der Waals surface area (Å²) in [7, 11) is 0. The first-order valence-electron chi connectivity index (χ1n) is 48.7. The van der Waals surface area contributed by atoms with E-state index in [1.165, 1.54) is 24.8 Å². The van der Waals surface area contributed by atoms with Gasteiger partial charge in [-0.05, 0) is 261 Å². The number of likely N-dealkylation sites (N-methyl/N-ethyl adjacent to an activating group) is 2. The van der Waals surface area contributed by atoms with Crippen LogP contribution in [0, 0.1) is 78.7 Å². The number of anilines is 12. The summed E-state index contributed by atoms with van der Waals surface area (Å²) in [4.78, 5) is 96.3. The van der Waals surface area contributed by atoms with Crippen LogP contribution in [0.5, 0.6) is 0 Å². The van der Waals surface area contributed by atoms with Crippen LogP contribution < -0.4 is 31.9 Å². The molecule has 12 heterocycles. The summed E-state index contributed by atoms with van der Waals surface area (Å²) < 4.78 is 60.6. The van der Waals surface area contributed by atoms with Gasteiger partial charge in [0.05, 0.1) is 49.3 Å². The second-order valence-electron chi connectivity index (χ2n) is 36.6. The number of amides is 4. The van der Waals surface area contributed by atoms with E-state index in [-0.39, 0.29) is 95.3 Å². The molecule has 0 spiro atoms. The highest BCUT2D eigenvalue weighted by Crippen LogP contribution is 2.40. The molecule has 0 bridgehead atoms. The second kappa shape index (κ2) is 50.5. The molecule has 40 heteroatoms. The van der Waals surface area contributed by atoms with E-state index in [0.29, 0.717) is 179 Å². The van der Waals surface area contributed by atoms with E-state index in [9.17, 15) is 19.2 Å². The van der Waals surface area contributed by atoms with Crippen LogP contribution in [0.2, 0.25) is 20.1 Å². The molecule has 4 amide bonds. The number of hydrogen-bond donors (Lipinski definition) is 10. The van der Waals surface area contributed by atoms with Crippen molar-refractivity contribution in [3.8, 4) is 0 Å². The van der Waals surface area contributed by atoms with E-state index in [1.54, 1.807) is 36.4 Å². The van der Waals surface area contributed by atoms with Gasteiger partial charge in [0, 0.05) is 125 Å². The fourth-order valence-electron chi connectivity index (χ4n) is 18.3. The largest absolute Gasteiger partial charge is 0.343 e. The highest BCUT2D eigenvalue weighted by atomic mass is 35.5. The molecule has 8 aromatic heterocycles. The lowest BCUT2D eigenvalue weighted by Gasteiger charge is -2.34. The maximum absolute atomic E-state index is 15.2. The Hall–Kier alpha value is -12.5. The second-order valence-corrected chi connectivity index (χ2v) is 38.2. The first kappa shape index (κ1) is 107. The first-order chi connectivity index (χ1) is 68.2.